The molecule has 7 aromatic rings. The number of ketones is 3. The third-order valence-corrected chi connectivity index (χ3v) is 13.0. The first-order chi connectivity index (χ1) is 43.2. The standard InChI is InChI=1S/C36H14N18.C15H12N6O3.C8H6N4/c1-41-20-8-26-24(6-16(20)12-37)46-31(47-26)18(14-39)33-52-34(19(15-40)32-48-28-10-22(43-3)23(44-4)11-29(28)49-32)54-36(53-33)30(45-5)35-50-25-7-17(13-38)21(42-2)9-27(25)51-35;1-7(22)10(5-16)13-19-14(11(6-17)8(2)23)21-15(20-13)12(18-4)9(3)24;9-3-5-1-7(11)8(12)2-6(5)4-10/h6-11,18-19,28-30H,(H,46,47)(H,48,49)(H,50,51);10-12H,1-3H3;1-2H,11-12H2. The number of aromatic nitrogens is 10. The third-order valence-electron chi connectivity index (χ3n) is 13.0. The maximum Gasteiger partial charge on any atom is 0.339 e. The number of nitrogens with one attached hydrogen (secondary N) is 3. The molecule has 8 atom stereocenters. The SMILES string of the molecule is N#Cc1cc(N)c(N)cc1C#N.[C-]#[N+]C(C(C)=O)c1nc(C(C#N)C(C)=O)nc(C(C#N)C(C)=O)n1.[C-]#[N+]C1=CC2N=C(C(C#N)c3nc(C(C#N)c4nc5cc(C#N)c([N+]#[C-])cc5[nH]4)nc(C([N+]#[C-])c4nc5cc(C#N)c([N+]#[C-])cc5[nH]4)n3)NC2C=C1[N+]#[C-]. The zero-order chi connectivity index (χ0) is 65.7. The fourth-order valence-electron chi connectivity index (χ4n) is 8.57. The van der Waals surface area contributed by atoms with Crippen molar-refractivity contribution < 1.29 is 14.4 Å². The van der Waals surface area contributed by atoms with Gasteiger partial charge in [0.2, 0.25) is 28.8 Å². The summed E-state index contributed by atoms with van der Waals surface area (Å²) in [5, 5.41) is 78.5. The molecule has 0 fully saturated rings. The van der Waals surface area contributed by atoms with E-state index in [9.17, 15) is 35.4 Å². The van der Waals surface area contributed by atoms with Gasteiger partial charge < -0.3 is 26.8 Å². The van der Waals surface area contributed by atoms with E-state index in [-0.39, 0.29) is 97.5 Å². The van der Waals surface area contributed by atoms with E-state index in [0.29, 0.717) is 33.4 Å². The van der Waals surface area contributed by atoms with E-state index in [0.717, 1.165) is 20.8 Å². The molecule has 0 saturated heterocycles. The summed E-state index contributed by atoms with van der Waals surface area (Å²) in [5.41, 5.74) is 13.9. The van der Waals surface area contributed by atoms with E-state index in [1.807, 2.05) is 24.3 Å². The largest absolute Gasteiger partial charge is 0.397 e. The molecule has 31 heteroatoms. The molecule has 0 bridgehead atoms. The highest BCUT2D eigenvalue weighted by atomic mass is 16.1. The highest BCUT2D eigenvalue weighted by Crippen LogP contribution is 2.34. The molecule has 5 heterocycles. The number of benzene rings is 3. The van der Waals surface area contributed by atoms with Gasteiger partial charge in [0.25, 0.3) is 0 Å². The smallest absolute Gasteiger partial charge is 0.339 e. The number of Topliss-reactive ketones (excluding diaryl/α,β-unsaturated/α-hetero) is 3. The molecule has 1 aliphatic carbocycles. The number of nitriles is 8. The zero-order valence-electron chi connectivity index (χ0n) is 46.4. The summed E-state index contributed by atoms with van der Waals surface area (Å²) < 4.78 is 0. The van der Waals surface area contributed by atoms with E-state index in [4.69, 9.17) is 71.9 Å². The minimum Gasteiger partial charge on any atom is -0.397 e. The molecule has 0 saturated carbocycles. The summed E-state index contributed by atoms with van der Waals surface area (Å²) >= 11 is 0. The van der Waals surface area contributed by atoms with Crippen LogP contribution in [0.25, 0.3) is 51.1 Å². The first kappa shape index (κ1) is 62.6. The Morgan fingerprint density at radius 3 is 1.37 bits per heavy atom. The lowest BCUT2D eigenvalue weighted by Gasteiger charge is -2.18. The van der Waals surface area contributed by atoms with E-state index in [1.54, 1.807) is 18.2 Å². The van der Waals surface area contributed by atoms with E-state index >= 15 is 0 Å². The van der Waals surface area contributed by atoms with Crippen LogP contribution in [0.15, 0.2) is 64.9 Å². The summed E-state index contributed by atoms with van der Waals surface area (Å²) in [7, 11) is 0. The maximum absolute atomic E-state index is 11.6. The Morgan fingerprint density at radius 1 is 0.500 bits per heavy atom. The van der Waals surface area contributed by atoms with Gasteiger partial charge in [0.15, 0.2) is 75.8 Å². The molecule has 3 aromatic carbocycles. The molecule has 1 aliphatic heterocycles. The van der Waals surface area contributed by atoms with Crippen molar-refractivity contribution >= 4 is 68.0 Å². The second kappa shape index (κ2) is 27.0. The summed E-state index contributed by atoms with van der Waals surface area (Å²) in [6.07, 6.45) is 3.08. The van der Waals surface area contributed by atoms with Crippen LogP contribution in [0.1, 0.15) is 125 Å². The van der Waals surface area contributed by atoms with Crippen LogP contribution >= 0.6 is 0 Å². The molecule has 4 aromatic heterocycles. The Bertz CT molecular complexity index is 4580. The molecule has 426 valence electrons. The monoisotopic (exact) mass is 1180 g/mol. The van der Waals surface area contributed by atoms with Gasteiger partial charge in [0, 0.05) is 6.92 Å². The average Bonchev–Trinajstić information content (AvgIpc) is 1.80. The number of aromatic amines is 2. The third kappa shape index (κ3) is 12.7. The Kier molecular flexibility index (Phi) is 18.8. The highest BCUT2D eigenvalue weighted by Gasteiger charge is 2.38. The normalized spacial score (nSPS) is 14.9. The van der Waals surface area contributed by atoms with Crippen LogP contribution in [-0.4, -0.2) is 85.1 Å². The molecule has 31 nitrogen and oxygen atoms in total. The zero-order valence-corrected chi connectivity index (χ0v) is 46.4. The van der Waals surface area contributed by atoms with Crippen LogP contribution in [0.5, 0.6) is 0 Å². The lowest BCUT2D eigenvalue weighted by molar-refractivity contribution is -0.118. The van der Waals surface area contributed by atoms with Crippen LogP contribution in [0, 0.1) is 130 Å². The molecule has 0 radical (unpaired) electrons. The second-order valence-electron chi connectivity index (χ2n) is 18.7. The van der Waals surface area contributed by atoms with Crippen molar-refractivity contribution in [1.29, 1.82) is 42.1 Å². The molecule has 9 rings (SSSR count). The predicted octanol–water partition coefficient (Wildman–Crippen LogP) is 6.51. The molecule has 0 amide bonds. The number of imidazole rings is 2. The van der Waals surface area contributed by atoms with Gasteiger partial charge in [-0.2, -0.15) is 42.1 Å². The predicted molar refractivity (Wildman–Crippen MR) is 308 cm³/mol. The summed E-state index contributed by atoms with van der Waals surface area (Å²) in [6, 6.07) is 19.9. The number of nitrogens with zero attached hydrogens (tertiary/aromatic N) is 23. The van der Waals surface area contributed by atoms with Gasteiger partial charge in [0.1, 0.15) is 23.8 Å². The number of anilines is 2. The van der Waals surface area contributed by atoms with Crippen LogP contribution in [0.2, 0.25) is 0 Å². The van der Waals surface area contributed by atoms with Crippen LogP contribution < -0.4 is 16.8 Å². The van der Waals surface area contributed by atoms with E-state index in [2.05, 4.69) is 101 Å². The molecule has 90 heavy (non-hydrogen) atoms. The summed E-state index contributed by atoms with van der Waals surface area (Å²) in [5.74, 6) is -8.26. The van der Waals surface area contributed by atoms with Gasteiger partial charge in [-0.15, -0.1) is 0 Å². The Labute approximate surface area is 508 Å². The second-order valence-corrected chi connectivity index (χ2v) is 18.7. The number of nitrogen functional groups attached to an aromatic ring is 2. The average molecular weight is 1180 g/mol. The van der Waals surface area contributed by atoms with Crippen molar-refractivity contribution in [3.05, 3.63) is 197 Å². The maximum atomic E-state index is 11.6. The quantitative estimate of drug-likeness (QED) is 0.0643. The number of hydrogen-bond acceptors (Lipinski definition) is 23. The number of fused-ring (bicyclic) bond motifs is 3. The summed E-state index contributed by atoms with van der Waals surface area (Å²) in [4.78, 5) is 99.9. The molecule has 7 N–H and O–H groups in total. The number of hydrogen-bond donors (Lipinski definition) is 5. The molecular formula is C59H32N28O3. The molecule has 8 unspecified atom stereocenters. The lowest BCUT2D eigenvalue weighted by Crippen LogP contribution is -2.36. The number of aliphatic imine (C=N–C) groups is 1. The fourth-order valence-corrected chi connectivity index (χ4v) is 8.57. The summed E-state index contributed by atoms with van der Waals surface area (Å²) in [6.45, 7) is 48.5. The Balaban J connectivity index is 0.000000262. The molecular weight excluding hydrogens is 1150 g/mol. The molecule has 0 spiro atoms. The topological polar surface area (TPSA) is 479 Å². The van der Waals surface area contributed by atoms with Crippen molar-refractivity contribution in [2.45, 2.75) is 68.6 Å². The van der Waals surface area contributed by atoms with Crippen molar-refractivity contribution in [2.75, 3.05) is 11.5 Å². The van der Waals surface area contributed by atoms with Crippen molar-refractivity contribution in [3.63, 3.8) is 0 Å². The first-order valence-electron chi connectivity index (χ1n) is 25.2. The van der Waals surface area contributed by atoms with Crippen LogP contribution in [0.3, 0.4) is 0 Å². The number of nitrogens with two attached hydrogens (primary N) is 2. The van der Waals surface area contributed by atoms with Gasteiger partial charge in [0.05, 0.1) is 130 Å². The number of rotatable bonds is 12. The highest BCUT2D eigenvalue weighted by molar-refractivity contribution is 5.93. The minimum absolute atomic E-state index is 0.0462. The van der Waals surface area contributed by atoms with Crippen LogP contribution in [0.4, 0.5) is 22.7 Å². The minimum atomic E-state index is -1.37. The number of H-pyrrole nitrogens is 2. The first-order valence-corrected chi connectivity index (χ1v) is 25.2. The number of carbonyl (C=O) groups is 3. The number of carbonyl (C=O) groups excluding carboxylic acids is 3. The van der Waals surface area contributed by atoms with Gasteiger partial charge in [-0.3, -0.25) is 38.8 Å². The van der Waals surface area contributed by atoms with Gasteiger partial charge in [-0.25, -0.2) is 62.7 Å². The fraction of sp³-hybridized carbons (Fsp3) is 0.186. The molecule has 2 aliphatic rings. The van der Waals surface area contributed by atoms with E-state index < -0.39 is 65.2 Å². The van der Waals surface area contributed by atoms with Crippen molar-refractivity contribution in [1.82, 2.24) is 55.2 Å². The Morgan fingerprint density at radius 2 is 0.944 bits per heavy atom. The van der Waals surface area contributed by atoms with Gasteiger partial charge in [-0.1, -0.05) is 12.2 Å². The lowest BCUT2D eigenvalue weighted by atomic mass is 10.0. The Hall–Kier alpha value is -15.0. The van der Waals surface area contributed by atoms with Crippen molar-refractivity contribution in [2.24, 2.45) is 4.99 Å². The van der Waals surface area contributed by atoms with Crippen molar-refractivity contribution in [3.8, 4) is 48.6 Å². The van der Waals surface area contributed by atoms with E-state index in [1.165, 1.54) is 42.5 Å². The van der Waals surface area contributed by atoms with Gasteiger partial charge >= 0.3 is 12.1 Å². The van der Waals surface area contributed by atoms with Gasteiger partial charge in [-0.05, 0) is 50.2 Å². The van der Waals surface area contributed by atoms with Crippen LogP contribution in [-0.2, 0) is 14.4 Å². The number of amidine groups is 1.